The Bertz CT molecular complexity index is 2220. The number of likely N-dealkylation sites (N-methyl/N-ethyl adjacent to an activating group) is 1. The molecule has 3 fully saturated rings. The van der Waals surface area contributed by atoms with Gasteiger partial charge in [0.25, 0.3) is 0 Å². The van der Waals surface area contributed by atoms with Gasteiger partial charge in [0.05, 0.1) is 27.4 Å². The number of hydrogen-bond donors (Lipinski definition) is 2. The number of nitrogens with zero attached hydrogens (tertiary/aromatic N) is 3. The van der Waals surface area contributed by atoms with Crippen molar-refractivity contribution in [2.75, 3.05) is 59.5 Å². The number of carbonyl (C=O) groups excluding carboxylic acids is 2. The van der Waals surface area contributed by atoms with Gasteiger partial charge in [-0.3, -0.25) is 14.6 Å². The molecule has 312 valence electrons. The summed E-state index contributed by atoms with van der Waals surface area (Å²) >= 11 is 0. The molecule has 2 bridgehead atoms. The van der Waals surface area contributed by atoms with Crippen LogP contribution in [0.4, 0.5) is 14.5 Å². The van der Waals surface area contributed by atoms with E-state index in [1.165, 1.54) is 14.2 Å². The predicted octanol–water partition coefficient (Wildman–Crippen LogP) is 6.35. The zero-order valence-corrected chi connectivity index (χ0v) is 35.1. The van der Waals surface area contributed by atoms with E-state index >= 15 is 13.6 Å². The summed E-state index contributed by atoms with van der Waals surface area (Å²) in [7, 11) is 6.27. The van der Waals surface area contributed by atoms with Gasteiger partial charge in [-0.2, -0.15) is 0 Å². The molecule has 2 saturated heterocycles. The average Bonchev–Trinajstić information content (AvgIpc) is 3.86. The lowest BCUT2D eigenvalue weighted by molar-refractivity contribution is -0.197. The van der Waals surface area contributed by atoms with Gasteiger partial charge in [-0.05, 0) is 86.4 Å². The molecule has 58 heavy (non-hydrogen) atoms. The van der Waals surface area contributed by atoms with Crippen molar-refractivity contribution in [2.24, 2.45) is 23.2 Å². The summed E-state index contributed by atoms with van der Waals surface area (Å²) in [6.07, 6.45) is 7.04. The lowest BCUT2D eigenvalue weighted by Gasteiger charge is -2.64. The molecule has 12 heteroatoms. The Labute approximate surface area is 339 Å². The topological polar surface area (TPSA) is 108 Å². The summed E-state index contributed by atoms with van der Waals surface area (Å²) in [5, 5.41) is 14.1. The Hall–Kier alpha value is -4.00. The number of halogens is 2. The van der Waals surface area contributed by atoms with E-state index in [0.29, 0.717) is 42.9 Å². The van der Waals surface area contributed by atoms with Gasteiger partial charge in [0.2, 0.25) is 5.92 Å². The predicted molar refractivity (Wildman–Crippen MR) is 217 cm³/mol. The second-order valence-electron chi connectivity index (χ2n) is 18.4. The first-order chi connectivity index (χ1) is 27.6. The maximum atomic E-state index is 15.4. The number of fused-ring (bicyclic) bond motifs is 6. The molecule has 10 nitrogen and oxygen atoms in total. The van der Waals surface area contributed by atoms with E-state index < -0.39 is 57.6 Å². The Kier molecular flexibility index (Phi) is 9.01. The summed E-state index contributed by atoms with van der Waals surface area (Å²) in [5.74, 6) is -5.28. The van der Waals surface area contributed by atoms with E-state index in [1.54, 1.807) is 7.11 Å². The Morgan fingerprint density at radius 1 is 1.03 bits per heavy atom. The monoisotopic (exact) mass is 800 g/mol. The molecule has 1 saturated carbocycles. The molecule has 0 amide bonds. The minimum Gasteiger partial charge on any atom is -0.496 e. The fourth-order valence-electron chi connectivity index (χ4n) is 13.6. The van der Waals surface area contributed by atoms with Crippen molar-refractivity contribution in [3.63, 3.8) is 0 Å². The van der Waals surface area contributed by atoms with Gasteiger partial charge < -0.3 is 29.2 Å². The fourth-order valence-corrected chi connectivity index (χ4v) is 13.6. The van der Waals surface area contributed by atoms with Crippen molar-refractivity contribution < 1.29 is 37.7 Å². The highest BCUT2D eigenvalue weighted by atomic mass is 19.3. The van der Waals surface area contributed by atoms with Crippen molar-refractivity contribution in [3.8, 4) is 5.75 Å². The number of H-pyrrole nitrogens is 1. The molecule has 9 rings (SSSR count). The third kappa shape index (κ3) is 4.91. The Morgan fingerprint density at radius 2 is 1.79 bits per heavy atom. The lowest BCUT2D eigenvalue weighted by atomic mass is 9.45. The maximum Gasteiger partial charge on any atom is 0.340 e. The molecule has 2 aromatic carbocycles. The van der Waals surface area contributed by atoms with Crippen LogP contribution < -0.4 is 9.64 Å². The first-order valence-corrected chi connectivity index (χ1v) is 21.1. The molecule has 1 aliphatic carbocycles. The van der Waals surface area contributed by atoms with E-state index in [-0.39, 0.29) is 31.3 Å². The number of hydrogen-bond acceptors (Lipinski definition) is 9. The van der Waals surface area contributed by atoms with E-state index in [4.69, 9.17) is 14.2 Å². The number of ether oxygens (including phenoxy) is 3. The van der Waals surface area contributed by atoms with Crippen LogP contribution in [-0.4, -0.2) is 110 Å². The van der Waals surface area contributed by atoms with Gasteiger partial charge >= 0.3 is 11.9 Å². The summed E-state index contributed by atoms with van der Waals surface area (Å²) in [6.45, 7) is 9.94. The summed E-state index contributed by atoms with van der Waals surface area (Å²) in [4.78, 5) is 39.9. The fraction of sp³-hybridized carbons (Fsp3) is 0.609. The van der Waals surface area contributed by atoms with Crippen molar-refractivity contribution in [1.82, 2.24) is 14.8 Å². The summed E-state index contributed by atoms with van der Waals surface area (Å²) < 4.78 is 48.5. The highest BCUT2D eigenvalue weighted by Crippen LogP contribution is 2.69. The van der Waals surface area contributed by atoms with E-state index in [2.05, 4.69) is 65.0 Å². The van der Waals surface area contributed by atoms with Gasteiger partial charge in [-0.1, -0.05) is 39.0 Å². The van der Waals surface area contributed by atoms with E-state index in [0.717, 1.165) is 59.7 Å². The van der Waals surface area contributed by atoms with Crippen LogP contribution in [0.2, 0.25) is 0 Å². The molecule has 10 atom stereocenters. The van der Waals surface area contributed by atoms with Crippen LogP contribution in [0.3, 0.4) is 0 Å². The molecular formula is C46H58F2N4O6. The maximum absolute atomic E-state index is 15.4. The highest BCUT2D eigenvalue weighted by molar-refractivity contribution is 5.95. The van der Waals surface area contributed by atoms with Crippen molar-refractivity contribution >= 4 is 28.5 Å². The van der Waals surface area contributed by atoms with E-state index in [1.807, 2.05) is 24.9 Å². The number of esters is 2. The molecule has 1 aromatic heterocycles. The van der Waals surface area contributed by atoms with E-state index in [9.17, 15) is 9.90 Å². The number of benzene rings is 2. The van der Waals surface area contributed by atoms with Crippen molar-refractivity contribution in [3.05, 3.63) is 70.4 Å². The quantitative estimate of drug-likeness (QED) is 0.209. The zero-order valence-electron chi connectivity index (χ0n) is 35.1. The van der Waals surface area contributed by atoms with Crippen LogP contribution in [-0.2, 0) is 42.9 Å². The number of rotatable bonds is 7. The minimum absolute atomic E-state index is 0.0770. The van der Waals surface area contributed by atoms with Gasteiger partial charge in [0, 0.05) is 95.8 Å². The Morgan fingerprint density at radius 3 is 2.47 bits per heavy atom. The largest absolute Gasteiger partial charge is 0.496 e. The third-order valence-electron chi connectivity index (χ3n) is 16.1. The standard InChI is InChI=1S/C46H58F2N4O6/c1-9-27-12-13-34-30(19-27)31-25-51-23-28(18-29(24-51)42(4,47)48)22-45(37(31)49-34,40(53)57-7)33-20-32-35(21-36(33)56-6)50(5)39-44(32)15-17-52-16-11-14-43(10-2,38(44)52)26(3)46(39,55)41(54)58-8/h11-14,19-21,26,28-29,38-39,49,55H,9-10,15-18,22-25H2,1-8H3/t26-,28-,29?,38+,39-,43+,44-,45+,46-/m1/s1. The summed E-state index contributed by atoms with van der Waals surface area (Å²) in [6, 6.07) is 9.59. The molecular weight excluding hydrogens is 743 g/mol. The van der Waals surface area contributed by atoms with Gasteiger partial charge in [-0.15, -0.1) is 0 Å². The van der Waals surface area contributed by atoms with Crippen LogP contribution in [0.5, 0.6) is 5.75 Å². The number of piperidine rings is 1. The lowest BCUT2D eigenvalue weighted by Crippen LogP contribution is -2.78. The Balaban J connectivity index is 1.36. The van der Waals surface area contributed by atoms with Crippen LogP contribution in [0.15, 0.2) is 42.5 Å². The molecule has 6 heterocycles. The number of aryl methyl sites for hydroxylation is 1. The first kappa shape index (κ1) is 39.5. The SMILES string of the molecule is CCc1ccc2[nH]c3c(c2c1)CN1CC(C(C)(F)F)C[C@@H](C1)C[C@]3(C(=O)OC)c1cc2c(cc1OC)N(C)[C@H]1[C@@](O)(C(=O)OC)[C@H](C)[C@]3(CC)C=CCN4CC[C@]21[C@@H]43. The summed E-state index contributed by atoms with van der Waals surface area (Å²) in [5.41, 5.74) is 1.20. The number of aromatic nitrogens is 1. The molecule has 2 unspecified atom stereocenters. The molecule has 3 aromatic rings. The number of methoxy groups -OCH3 is 3. The minimum atomic E-state index is -2.91. The number of nitrogens with one attached hydrogen (secondary N) is 1. The number of aliphatic hydroxyl groups is 1. The van der Waals surface area contributed by atoms with Crippen molar-refractivity contribution in [1.29, 1.82) is 0 Å². The zero-order chi connectivity index (χ0) is 41.3. The second-order valence-corrected chi connectivity index (χ2v) is 18.4. The van der Waals surface area contributed by atoms with Crippen LogP contribution in [0, 0.1) is 23.2 Å². The first-order valence-electron chi connectivity index (χ1n) is 21.1. The second kappa shape index (κ2) is 13.2. The average molecular weight is 801 g/mol. The van der Waals surface area contributed by atoms with Crippen LogP contribution in [0.1, 0.15) is 81.3 Å². The molecule has 5 aliphatic heterocycles. The van der Waals surface area contributed by atoms with Gasteiger partial charge in [0.15, 0.2) is 5.60 Å². The van der Waals surface area contributed by atoms with Gasteiger partial charge in [0.1, 0.15) is 11.2 Å². The number of aromatic amines is 1. The number of anilines is 1. The molecule has 0 radical (unpaired) electrons. The third-order valence-corrected chi connectivity index (χ3v) is 16.1. The number of alkyl halides is 2. The molecule has 1 spiro atoms. The van der Waals surface area contributed by atoms with Crippen molar-refractivity contribution in [2.45, 2.75) is 101 Å². The highest BCUT2D eigenvalue weighted by Gasteiger charge is 2.78. The smallest absolute Gasteiger partial charge is 0.340 e. The van der Waals surface area contributed by atoms with Crippen LogP contribution in [0.25, 0.3) is 10.9 Å². The van der Waals surface area contributed by atoms with Crippen LogP contribution >= 0.6 is 0 Å². The molecule has 2 N–H and O–H groups in total. The number of carbonyl (C=O) groups is 2. The normalized spacial score (nSPS) is 36.4. The molecule has 6 aliphatic rings. The van der Waals surface area contributed by atoms with Gasteiger partial charge in [-0.25, -0.2) is 13.6 Å².